The smallest absolute Gasteiger partial charge is 0.311 e. The molecule has 2 aliphatic rings. The molecule has 26 heavy (non-hydrogen) atoms. The predicted molar refractivity (Wildman–Crippen MR) is 100 cm³/mol. The van der Waals surface area contributed by atoms with Crippen LogP contribution in [0.15, 0.2) is 29.2 Å². The van der Waals surface area contributed by atoms with Gasteiger partial charge in [-0.15, -0.1) is 11.8 Å². The van der Waals surface area contributed by atoms with Crippen LogP contribution >= 0.6 is 11.8 Å². The van der Waals surface area contributed by atoms with E-state index in [0.29, 0.717) is 6.54 Å². The maximum Gasteiger partial charge on any atom is 0.311 e. The lowest BCUT2D eigenvalue weighted by atomic mass is 10.1. The lowest BCUT2D eigenvalue weighted by Gasteiger charge is -2.17. The number of nitrogens with one attached hydrogen (secondary N) is 1. The minimum absolute atomic E-state index is 0.0967. The number of rotatable bonds is 6. The van der Waals surface area contributed by atoms with Crippen LogP contribution in [0.5, 0.6) is 0 Å². The molecule has 0 radical (unpaired) electrons. The fraction of sp³-hybridized carbons (Fsp3) is 0.526. The quantitative estimate of drug-likeness (QED) is 0.609. The number of hydrogen-bond donors (Lipinski definition) is 1. The molecule has 1 aromatic carbocycles. The Morgan fingerprint density at radius 2 is 2.08 bits per heavy atom. The van der Waals surface area contributed by atoms with Gasteiger partial charge in [-0.3, -0.25) is 14.4 Å². The molecule has 1 aliphatic carbocycles. The number of anilines is 1. The summed E-state index contributed by atoms with van der Waals surface area (Å²) in [5, 5.41) is 2.89. The van der Waals surface area contributed by atoms with Crippen molar-refractivity contribution in [1.29, 1.82) is 0 Å². The Balaban J connectivity index is 1.51. The Labute approximate surface area is 157 Å². The molecular weight excluding hydrogens is 352 g/mol. The standard InChI is InChI=1S/C19H24N2O4S/c1-26-16-8-4-7-15(10-16)21-11-13(9-18(21)23)19(24)25-12-17(22)20-14-5-2-3-6-14/h4,7-8,10,13-14H,2-3,5-6,9,11-12H2,1H3,(H,20,22)/t13-/m1/s1. The van der Waals surface area contributed by atoms with Gasteiger partial charge in [-0.2, -0.15) is 0 Å². The summed E-state index contributed by atoms with van der Waals surface area (Å²) in [7, 11) is 0. The molecule has 1 N–H and O–H groups in total. The van der Waals surface area contributed by atoms with Crippen LogP contribution in [0.25, 0.3) is 0 Å². The summed E-state index contributed by atoms with van der Waals surface area (Å²) in [6.07, 6.45) is 6.32. The lowest BCUT2D eigenvalue weighted by molar-refractivity contribution is -0.152. The van der Waals surface area contributed by atoms with Gasteiger partial charge < -0.3 is 15.0 Å². The van der Waals surface area contributed by atoms with E-state index >= 15 is 0 Å². The van der Waals surface area contributed by atoms with Crippen molar-refractivity contribution in [3.63, 3.8) is 0 Å². The largest absolute Gasteiger partial charge is 0.455 e. The number of carbonyl (C=O) groups is 3. The highest BCUT2D eigenvalue weighted by Crippen LogP contribution is 2.28. The maximum atomic E-state index is 12.3. The van der Waals surface area contributed by atoms with Gasteiger partial charge in [0.25, 0.3) is 5.91 Å². The average molecular weight is 376 g/mol. The van der Waals surface area contributed by atoms with Crippen molar-refractivity contribution in [2.24, 2.45) is 5.92 Å². The molecule has 7 heteroatoms. The number of amides is 2. The van der Waals surface area contributed by atoms with Gasteiger partial charge in [-0.25, -0.2) is 0 Å². The molecule has 0 bridgehead atoms. The molecule has 0 spiro atoms. The molecule has 140 valence electrons. The van der Waals surface area contributed by atoms with Crippen molar-refractivity contribution >= 4 is 35.2 Å². The SMILES string of the molecule is CSc1cccc(N2C[C@H](C(=O)OCC(=O)NC3CCCC3)CC2=O)c1. The van der Waals surface area contributed by atoms with Gasteiger partial charge in [-0.1, -0.05) is 18.9 Å². The minimum Gasteiger partial charge on any atom is -0.455 e. The summed E-state index contributed by atoms with van der Waals surface area (Å²) in [4.78, 5) is 39.1. The predicted octanol–water partition coefficient (Wildman–Crippen LogP) is 2.36. The Kier molecular flexibility index (Phi) is 6.19. The van der Waals surface area contributed by atoms with Gasteiger partial charge in [0, 0.05) is 29.6 Å². The van der Waals surface area contributed by atoms with Gasteiger partial charge >= 0.3 is 5.97 Å². The van der Waals surface area contributed by atoms with E-state index in [1.165, 1.54) is 0 Å². The van der Waals surface area contributed by atoms with Crippen LogP contribution in [0.3, 0.4) is 0 Å². The summed E-state index contributed by atoms with van der Waals surface area (Å²) in [5.74, 6) is -1.37. The first-order valence-electron chi connectivity index (χ1n) is 8.97. The van der Waals surface area contributed by atoms with E-state index in [1.807, 2.05) is 30.5 Å². The van der Waals surface area contributed by atoms with Crippen molar-refractivity contribution in [1.82, 2.24) is 5.32 Å². The number of hydrogen-bond acceptors (Lipinski definition) is 5. The minimum atomic E-state index is -0.528. The molecule has 3 rings (SSSR count). The van der Waals surface area contributed by atoms with Crippen molar-refractivity contribution in [3.05, 3.63) is 24.3 Å². The third-order valence-corrected chi connectivity index (χ3v) is 5.61. The molecule has 6 nitrogen and oxygen atoms in total. The molecule has 1 aliphatic heterocycles. The van der Waals surface area contributed by atoms with Crippen LogP contribution in [-0.4, -0.2) is 43.2 Å². The van der Waals surface area contributed by atoms with Gasteiger partial charge in [0.1, 0.15) is 0 Å². The second-order valence-electron chi connectivity index (χ2n) is 6.76. The Bertz CT molecular complexity index is 688. The van der Waals surface area contributed by atoms with Crippen LogP contribution in [0.4, 0.5) is 5.69 Å². The molecule has 2 fully saturated rings. The number of nitrogens with zero attached hydrogens (tertiary/aromatic N) is 1. The summed E-state index contributed by atoms with van der Waals surface area (Å²) >= 11 is 1.60. The summed E-state index contributed by atoms with van der Waals surface area (Å²) in [5.41, 5.74) is 0.788. The first-order valence-corrected chi connectivity index (χ1v) is 10.2. The Morgan fingerprint density at radius 3 is 2.81 bits per heavy atom. The molecule has 2 amide bonds. The van der Waals surface area contributed by atoms with E-state index in [4.69, 9.17) is 4.74 Å². The van der Waals surface area contributed by atoms with Crippen LogP contribution in [-0.2, 0) is 19.1 Å². The van der Waals surface area contributed by atoms with Crippen molar-refractivity contribution in [3.8, 4) is 0 Å². The molecule has 1 aromatic rings. The van der Waals surface area contributed by atoms with Crippen molar-refractivity contribution in [2.45, 2.75) is 43.0 Å². The maximum absolute atomic E-state index is 12.3. The molecule has 1 heterocycles. The van der Waals surface area contributed by atoms with Gasteiger partial charge in [0.05, 0.1) is 5.92 Å². The van der Waals surface area contributed by atoms with E-state index in [2.05, 4.69) is 5.32 Å². The summed E-state index contributed by atoms with van der Waals surface area (Å²) in [6, 6.07) is 7.87. The molecule has 1 saturated carbocycles. The second kappa shape index (κ2) is 8.58. The van der Waals surface area contributed by atoms with Crippen molar-refractivity contribution in [2.75, 3.05) is 24.3 Å². The van der Waals surface area contributed by atoms with Crippen molar-refractivity contribution < 1.29 is 19.1 Å². The fourth-order valence-electron chi connectivity index (χ4n) is 3.49. The Morgan fingerprint density at radius 1 is 1.31 bits per heavy atom. The van der Waals surface area contributed by atoms with E-state index in [-0.39, 0.29) is 30.9 Å². The third-order valence-electron chi connectivity index (χ3n) is 4.89. The third kappa shape index (κ3) is 4.58. The number of thioether (sulfide) groups is 1. The molecule has 0 aromatic heterocycles. The van der Waals surface area contributed by atoms with Gasteiger partial charge in [0.2, 0.25) is 5.91 Å². The first-order chi connectivity index (χ1) is 12.6. The molecule has 1 atom stereocenters. The average Bonchev–Trinajstić information content (AvgIpc) is 3.29. The van der Waals surface area contributed by atoms with E-state index in [9.17, 15) is 14.4 Å². The zero-order valence-electron chi connectivity index (χ0n) is 14.9. The van der Waals surface area contributed by atoms with Crippen LogP contribution in [0.1, 0.15) is 32.1 Å². The number of esters is 1. The highest BCUT2D eigenvalue weighted by atomic mass is 32.2. The van der Waals surface area contributed by atoms with Gasteiger partial charge in [0.15, 0.2) is 6.61 Å². The number of carbonyl (C=O) groups excluding carboxylic acids is 3. The molecule has 1 saturated heterocycles. The monoisotopic (exact) mass is 376 g/mol. The Hall–Kier alpha value is -2.02. The normalized spacial score (nSPS) is 20.4. The highest BCUT2D eigenvalue weighted by Gasteiger charge is 2.36. The highest BCUT2D eigenvalue weighted by molar-refractivity contribution is 7.98. The lowest BCUT2D eigenvalue weighted by Crippen LogP contribution is -2.36. The number of ether oxygens (including phenoxy) is 1. The molecular formula is C19H24N2O4S. The summed E-state index contributed by atoms with van der Waals surface area (Å²) in [6.45, 7) is 0.0156. The van der Waals surface area contributed by atoms with E-state index < -0.39 is 11.9 Å². The van der Waals surface area contributed by atoms with Crippen LogP contribution < -0.4 is 10.2 Å². The number of benzene rings is 1. The zero-order chi connectivity index (χ0) is 18.5. The van der Waals surface area contributed by atoms with Gasteiger partial charge in [-0.05, 0) is 37.3 Å². The van der Waals surface area contributed by atoms with Crippen LogP contribution in [0.2, 0.25) is 0 Å². The summed E-state index contributed by atoms with van der Waals surface area (Å²) < 4.78 is 5.14. The topological polar surface area (TPSA) is 75.7 Å². The fourth-order valence-corrected chi connectivity index (χ4v) is 3.94. The van der Waals surface area contributed by atoms with E-state index in [0.717, 1.165) is 36.3 Å². The zero-order valence-corrected chi connectivity index (χ0v) is 15.7. The second-order valence-corrected chi connectivity index (χ2v) is 7.64. The van der Waals surface area contributed by atoms with Crippen LogP contribution in [0, 0.1) is 5.92 Å². The first kappa shape index (κ1) is 18.8. The van der Waals surface area contributed by atoms with E-state index in [1.54, 1.807) is 16.7 Å². The molecule has 0 unspecified atom stereocenters.